The fourth-order valence-corrected chi connectivity index (χ4v) is 2.93. The van der Waals surface area contributed by atoms with Crippen molar-refractivity contribution < 1.29 is 22.7 Å². The van der Waals surface area contributed by atoms with Gasteiger partial charge in [0.05, 0.1) is 4.90 Å². The lowest BCUT2D eigenvalue weighted by Crippen LogP contribution is -2.27. The van der Waals surface area contributed by atoms with Crippen LogP contribution in [0.25, 0.3) is 0 Å². The SMILES string of the molecule is Cc1ccc(S(C)(=O)=O)cc1NC(=O)c1ccc(NC(=O)OC(C)(C)C)cc1. The molecule has 0 spiro atoms. The van der Waals surface area contributed by atoms with Gasteiger partial charge in [0.2, 0.25) is 0 Å². The Balaban J connectivity index is 2.11. The van der Waals surface area contributed by atoms with Crippen molar-refractivity contribution in [3.05, 3.63) is 53.6 Å². The quantitative estimate of drug-likeness (QED) is 0.802. The standard InChI is InChI=1S/C20H24N2O5S/c1-13-6-11-16(28(5,25)26)12-17(13)22-18(23)14-7-9-15(10-8-14)21-19(24)27-20(2,3)4/h6-12H,1-5H3,(H,21,24)(H,22,23). The van der Waals surface area contributed by atoms with E-state index in [0.717, 1.165) is 11.8 Å². The number of anilines is 2. The van der Waals surface area contributed by atoms with Gasteiger partial charge in [0.1, 0.15) is 5.60 Å². The number of aryl methyl sites for hydroxylation is 1. The largest absolute Gasteiger partial charge is 0.444 e. The molecule has 2 rings (SSSR count). The van der Waals surface area contributed by atoms with Crippen LogP contribution in [0.2, 0.25) is 0 Å². The van der Waals surface area contributed by atoms with E-state index >= 15 is 0 Å². The average Bonchev–Trinajstić information content (AvgIpc) is 2.54. The number of sulfone groups is 1. The van der Waals surface area contributed by atoms with Crippen LogP contribution >= 0.6 is 0 Å². The summed E-state index contributed by atoms with van der Waals surface area (Å²) >= 11 is 0. The van der Waals surface area contributed by atoms with Crippen molar-refractivity contribution in [2.75, 3.05) is 16.9 Å². The first-order chi connectivity index (χ1) is 12.8. The molecule has 2 N–H and O–H groups in total. The summed E-state index contributed by atoms with van der Waals surface area (Å²) in [5.41, 5.74) is 1.40. The van der Waals surface area contributed by atoms with Gasteiger partial charge < -0.3 is 10.1 Å². The first-order valence-electron chi connectivity index (χ1n) is 8.57. The predicted octanol–water partition coefficient (Wildman–Crippen LogP) is 4.00. The van der Waals surface area contributed by atoms with Gasteiger partial charge in [-0.3, -0.25) is 10.1 Å². The van der Waals surface area contributed by atoms with Crippen LogP contribution in [0.3, 0.4) is 0 Å². The monoisotopic (exact) mass is 404 g/mol. The number of ether oxygens (including phenoxy) is 1. The predicted molar refractivity (Wildman–Crippen MR) is 109 cm³/mol. The molecule has 0 aromatic heterocycles. The Morgan fingerprint density at radius 1 is 0.964 bits per heavy atom. The molecule has 2 amide bonds. The van der Waals surface area contributed by atoms with E-state index in [1.807, 2.05) is 0 Å². The van der Waals surface area contributed by atoms with E-state index in [4.69, 9.17) is 4.74 Å². The van der Waals surface area contributed by atoms with E-state index in [0.29, 0.717) is 16.9 Å². The van der Waals surface area contributed by atoms with Crippen molar-refractivity contribution in [1.29, 1.82) is 0 Å². The van der Waals surface area contributed by atoms with E-state index in [-0.39, 0.29) is 4.90 Å². The maximum absolute atomic E-state index is 12.5. The summed E-state index contributed by atoms with van der Waals surface area (Å²) in [5.74, 6) is -0.391. The van der Waals surface area contributed by atoms with E-state index in [1.165, 1.54) is 12.1 Å². The summed E-state index contributed by atoms with van der Waals surface area (Å²) in [6.07, 6.45) is 0.526. The number of amides is 2. The van der Waals surface area contributed by atoms with Gasteiger partial charge in [0.15, 0.2) is 9.84 Å². The Morgan fingerprint density at radius 2 is 1.57 bits per heavy atom. The molecule has 0 atom stereocenters. The van der Waals surface area contributed by atoms with Crippen molar-refractivity contribution >= 4 is 33.2 Å². The molecule has 150 valence electrons. The van der Waals surface area contributed by atoms with E-state index in [9.17, 15) is 18.0 Å². The van der Waals surface area contributed by atoms with Crippen molar-refractivity contribution in [1.82, 2.24) is 0 Å². The van der Waals surface area contributed by atoms with E-state index < -0.39 is 27.4 Å². The molecule has 0 radical (unpaired) electrons. The minimum atomic E-state index is -3.38. The highest BCUT2D eigenvalue weighted by Gasteiger charge is 2.16. The van der Waals surface area contributed by atoms with Crippen LogP contribution in [0.1, 0.15) is 36.7 Å². The molecule has 0 saturated carbocycles. The van der Waals surface area contributed by atoms with Gasteiger partial charge in [0, 0.05) is 23.2 Å². The second kappa shape index (κ2) is 8.02. The maximum atomic E-state index is 12.5. The summed E-state index contributed by atoms with van der Waals surface area (Å²) < 4.78 is 28.6. The smallest absolute Gasteiger partial charge is 0.412 e. The van der Waals surface area contributed by atoms with Crippen molar-refractivity contribution in [3.8, 4) is 0 Å². The van der Waals surface area contributed by atoms with Gasteiger partial charge in [-0.25, -0.2) is 13.2 Å². The van der Waals surface area contributed by atoms with Crippen LogP contribution < -0.4 is 10.6 Å². The minimum Gasteiger partial charge on any atom is -0.444 e. The van der Waals surface area contributed by atoms with Crippen LogP contribution in [-0.4, -0.2) is 32.3 Å². The van der Waals surface area contributed by atoms with Crippen molar-refractivity contribution in [3.63, 3.8) is 0 Å². The average molecular weight is 404 g/mol. The normalized spacial score (nSPS) is 11.6. The molecule has 0 saturated heterocycles. The Kier molecular flexibility index (Phi) is 6.14. The second-order valence-electron chi connectivity index (χ2n) is 7.41. The highest BCUT2D eigenvalue weighted by atomic mass is 32.2. The molecule has 0 fully saturated rings. The number of nitrogens with one attached hydrogen (secondary N) is 2. The molecule has 0 unspecified atom stereocenters. The van der Waals surface area contributed by atoms with Crippen LogP contribution in [0.15, 0.2) is 47.4 Å². The Labute approximate surface area is 165 Å². The lowest BCUT2D eigenvalue weighted by Gasteiger charge is -2.19. The van der Waals surface area contributed by atoms with Gasteiger partial charge >= 0.3 is 6.09 Å². The molecule has 0 aliphatic carbocycles. The lowest BCUT2D eigenvalue weighted by molar-refractivity contribution is 0.0635. The molecule has 28 heavy (non-hydrogen) atoms. The molecule has 8 heteroatoms. The summed E-state index contributed by atoms with van der Waals surface area (Å²) in [4.78, 5) is 24.4. The van der Waals surface area contributed by atoms with Gasteiger partial charge in [-0.2, -0.15) is 0 Å². The van der Waals surface area contributed by atoms with Crippen LogP contribution in [0, 0.1) is 6.92 Å². The molecule has 0 aliphatic rings. The maximum Gasteiger partial charge on any atom is 0.412 e. The number of carbonyl (C=O) groups is 2. The molecule has 2 aromatic carbocycles. The van der Waals surface area contributed by atoms with Gasteiger partial charge in [-0.05, 0) is 69.7 Å². The van der Waals surface area contributed by atoms with Gasteiger partial charge in [-0.1, -0.05) is 6.07 Å². The number of benzene rings is 2. The third-order valence-electron chi connectivity index (χ3n) is 3.68. The number of rotatable bonds is 4. The van der Waals surface area contributed by atoms with E-state index in [2.05, 4.69) is 10.6 Å². The highest BCUT2D eigenvalue weighted by Crippen LogP contribution is 2.21. The third-order valence-corrected chi connectivity index (χ3v) is 4.79. The second-order valence-corrected chi connectivity index (χ2v) is 9.42. The topological polar surface area (TPSA) is 102 Å². The molecule has 0 bridgehead atoms. The molecule has 0 aliphatic heterocycles. The van der Waals surface area contributed by atoms with Crippen molar-refractivity contribution in [2.24, 2.45) is 0 Å². The lowest BCUT2D eigenvalue weighted by atomic mass is 10.1. The van der Waals surface area contributed by atoms with Crippen LogP contribution in [0.4, 0.5) is 16.2 Å². The Bertz CT molecular complexity index is 990. The zero-order valence-electron chi connectivity index (χ0n) is 16.5. The number of hydrogen-bond donors (Lipinski definition) is 2. The summed E-state index contributed by atoms with van der Waals surface area (Å²) in [6.45, 7) is 7.07. The zero-order chi connectivity index (χ0) is 21.1. The molecular weight excluding hydrogens is 380 g/mol. The summed E-state index contributed by atoms with van der Waals surface area (Å²) in [6, 6.07) is 10.8. The van der Waals surface area contributed by atoms with Crippen LogP contribution in [-0.2, 0) is 14.6 Å². The minimum absolute atomic E-state index is 0.130. The van der Waals surface area contributed by atoms with Gasteiger partial charge in [-0.15, -0.1) is 0 Å². The summed E-state index contributed by atoms with van der Waals surface area (Å²) in [7, 11) is -3.38. The Morgan fingerprint density at radius 3 is 2.11 bits per heavy atom. The Hall–Kier alpha value is -2.87. The summed E-state index contributed by atoms with van der Waals surface area (Å²) in [5, 5.41) is 5.30. The molecule has 2 aromatic rings. The molecule has 7 nitrogen and oxygen atoms in total. The fourth-order valence-electron chi connectivity index (χ4n) is 2.29. The zero-order valence-corrected chi connectivity index (χ0v) is 17.3. The van der Waals surface area contributed by atoms with Gasteiger partial charge in [0.25, 0.3) is 5.91 Å². The van der Waals surface area contributed by atoms with E-state index in [1.54, 1.807) is 58.0 Å². The van der Waals surface area contributed by atoms with Crippen molar-refractivity contribution in [2.45, 2.75) is 38.2 Å². The first kappa shape index (κ1) is 21.4. The fraction of sp³-hybridized carbons (Fsp3) is 0.300. The third kappa shape index (κ3) is 6.09. The number of hydrogen-bond acceptors (Lipinski definition) is 5. The van der Waals surface area contributed by atoms with Crippen LogP contribution in [0.5, 0.6) is 0 Å². The highest BCUT2D eigenvalue weighted by molar-refractivity contribution is 7.90. The number of carbonyl (C=O) groups excluding carboxylic acids is 2. The molecule has 0 heterocycles. The molecular formula is C20H24N2O5S. The first-order valence-corrected chi connectivity index (χ1v) is 10.5.